The summed E-state index contributed by atoms with van der Waals surface area (Å²) < 4.78 is 29.6. The quantitative estimate of drug-likeness (QED) is 0.348. The van der Waals surface area contributed by atoms with Gasteiger partial charge in [-0.15, -0.1) is 0 Å². The summed E-state index contributed by atoms with van der Waals surface area (Å²) in [6.45, 7) is -0.422. The highest BCUT2D eigenvalue weighted by atomic mass is 35.5. The van der Waals surface area contributed by atoms with Gasteiger partial charge >= 0.3 is 0 Å². The molecule has 0 fully saturated rings. The number of amides is 2. The molecule has 0 spiro atoms. The fourth-order valence-electron chi connectivity index (χ4n) is 2.84. The molecule has 176 valence electrons. The van der Waals surface area contributed by atoms with Crippen LogP contribution in [-0.4, -0.2) is 38.9 Å². The number of hydrogen-bond donors (Lipinski definition) is 2. The van der Waals surface area contributed by atoms with Crippen LogP contribution in [0, 0.1) is 5.82 Å². The standard InChI is InChI=1S/C24H21ClFN3O5/c1-32-17-7-5-6-16(12-17)24(31)29-27-13-15-10-18(25)23(21(11-15)33-2)34-14-22(30)28-20-9-4-3-8-19(20)26/h3-13H,14H2,1-2H3,(H,28,30)(H,29,31)/b27-13+. The van der Waals surface area contributed by atoms with Gasteiger partial charge in [-0.25, -0.2) is 9.82 Å². The van der Waals surface area contributed by atoms with Crippen LogP contribution in [0.15, 0.2) is 65.8 Å². The van der Waals surface area contributed by atoms with Gasteiger partial charge in [0.05, 0.1) is 31.1 Å². The molecular weight excluding hydrogens is 465 g/mol. The average Bonchev–Trinajstić information content (AvgIpc) is 2.84. The molecule has 0 aromatic heterocycles. The van der Waals surface area contributed by atoms with Crippen molar-refractivity contribution in [1.29, 1.82) is 0 Å². The number of carbonyl (C=O) groups excluding carboxylic acids is 2. The molecule has 3 aromatic rings. The molecule has 2 N–H and O–H groups in total. The van der Waals surface area contributed by atoms with E-state index in [1.165, 1.54) is 44.7 Å². The summed E-state index contributed by atoms with van der Waals surface area (Å²) in [5, 5.41) is 6.50. The molecule has 3 aromatic carbocycles. The maximum atomic E-state index is 13.7. The Morgan fingerprint density at radius 1 is 1.06 bits per heavy atom. The van der Waals surface area contributed by atoms with Crippen LogP contribution in [0.1, 0.15) is 15.9 Å². The first-order chi connectivity index (χ1) is 16.4. The van der Waals surface area contributed by atoms with E-state index in [-0.39, 0.29) is 22.2 Å². The molecule has 2 amide bonds. The van der Waals surface area contributed by atoms with Crippen molar-refractivity contribution in [2.24, 2.45) is 5.10 Å². The monoisotopic (exact) mass is 485 g/mol. The minimum atomic E-state index is -0.575. The van der Waals surface area contributed by atoms with Crippen LogP contribution in [0.4, 0.5) is 10.1 Å². The smallest absolute Gasteiger partial charge is 0.271 e. The fourth-order valence-corrected chi connectivity index (χ4v) is 3.11. The lowest BCUT2D eigenvalue weighted by Gasteiger charge is -2.13. The van der Waals surface area contributed by atoms with Crippen molar-refractivity contribution in [2.75, 3.05) is 26.1 Å². The predicted octanol–water partition coefficient (Wildman–Crippen LogP) is 4.28. The van der Waals surface area contributed by atoms with E-state index < -0.39 is 24.2 Å². The average molecular weight is 486 g/mol. The Balaban J connectivity index is 1.64. The van der Waals surface area contributed by atoms with Crippen LogP contribution in [0.3, 0.4) is 0 Å². The third-order valence-corrected chi connectivity index (χ3v) is 4.74. The number of hydrazone groups is 1. The van der Waals surface area contributed by atoms with Gasteiger partial charge in [0.25, 0.3) is 11.8 Å². The number of hydrogen-bond acceptors (Lipinski definition) is 6. The second kappa shape index (κ2) is 11.7. The van der Waals surface area contributed by atoms with Gasteiger partial charge in [-0.1, -0.05) is 29.8 Å². The van der Waals surface area contributed by atoms with Gasteiger partial charge in [0.15, 0.2) is 18.1 Å². The van der Waals surface area contributed by atoms with Crippen molar-refractivity contribution in [3.63, 3.8) is 0 Å². The summed E-state index contributed by atoms with van der Waals surface area (Å²) >= 11 is 6.29. The number of methoxy groups -OCH3 is 2. The maximum Gasteiger partial charge on any atom is 0.271 e. The van der Waals surface area contributed by atoms with Gasteiger partial charge in [0.2, 0.25) is 0 Å². The van der Waals surface area contributed by atoms with E-state index in [9.17, 15) is 14.0 Å². The number of halogens is 2. The first kappa shape index (κ1) is 24.5. The highest BCUT2D eigenvalue weighted by molar-refractivity contribution is 6.32. The highest BCUT2D eigenvalue weighted by Crippen LogP contribution is 2.36. The predicted molar refractivity (Wildman–Crippen MR) is 127 cm³/mol. The highest BCUT2D eigenvalue weighted by Gasteiger charge is 2.14. The summed E-state index contributed by atoms with van der Waals surface area (Å²) in [7, 11) is 2.92. The number of ether oxygens (including phenoxy) is 3. The summed E-state index contributed by atoms with van der Waals surface area (Å²) in [6, 6.07) is 15.5. The molecule has 0 saturated heterocycles. The third-order valence-electron chi connectivity index (χ3n) is 4.46. The van der Waals surface area contributed by atoms with Gasteiger partial charge in [-0.3, -0.25) is 9.59 Å². The normalized spacial score (nSPS) is 10.6. The number of benzene rings is 3. The van der Waals surface area contributed by atoms with Crippen molar-refractivity contribution >= 4 is 35.3 Å². The lowest BCUT2D eigenvalue weighted by atomic mass is 10.2. The Morgan fingerprint density at radius 2 is 1.85 bits per heavy atom. The van der Waals surface area contributed by atoms with E-state index in [1.54, 1.807) is 36.4 Å². The largest absolute Gasteiger partial charge is 0.497 e. The van der Waals surface area contributed by atoms with Crippen molar-refractivity contribution in [3.8, 4) is 17.2 Å². The molecule has 0 aliphatic rings. The topological polar surface area (TPSA) is 98.3 Å². The van der Waals surface area contributed by atoms with Gasteiger partial charge in [0, 0.05) is 5.56 Å². The van der Waals surface area contributed by atoms with Gasteiger partial charge in [0.1, 0.15) is 11.6 Å². The molecule has 0 aliphatic heterocycles. The Morgan fingerprint density at radius 3 is 2.59 bits per heavy atom. The molecule has 0 radical (unpaired) electrons. The number of nitrogens with one attached hydrogen (secondary N) is 2. The summed E-state index contributed by atoms with van der Waals surface area (Å²) in [5.41, 5.74) is 3.34. The minimum absolute atomic E-state index is 0.0386. The maximum absolute atomic E-state index is 13.7. The number of carbonyl (C=O) groups is 2. The molecule has 0 unspecified atom stereocenters. The van der Waals surface area contributed by atoms with Crippen molar-refractivity contribution in [1.82, 2.24) is 5.43 Å². The molecule has 0 bridgehead atoms. The lowest BCUT2D eigenvalue weighted by molar-refractivity contribution is -0.118. The zero-order valence-corrected chi connectivity index (χ0v) is 19.1. The first-order valence-corrected chi connectivity index (χ1v) is 10.3. The molecule has 0 saturated carbocycles. The molecule has 10 heteroatoms. The molecule has 0 aliphatic carbocycles. The zero-order chi connectivity index (χ0) is 24.5. The van der Waals surface area contributed by atoms with Crippen molar-refractivity contribution < 1.29 is 28.2 Å². The van der Waals surface area contributed by atoms with Gasteiger partial charge in [-0.05, 0) is 48.0 Å². The number of rotatable bonds is 9. The molecule has 8 nitrogen and oxygen atoms in total. The minimum Gasteiger partial charge on any atom is -0.497 e. The Hall–Kier alpha value is -4.11. The molecule has 3 rings (SSSR count). The Labute approximate surface area is 200 Å². The lowest BCUT2D eigenvalue weighted by Crippen LogP contribution is -2.21. The third kappa shape index (κ3) is 6.46. The summed E-state index contributed by atoms with van der Waals surface area (Å²) in [5.74, 6) is -0.639. The molecule has 0 heterocycles. The van der Waals surface area contributed by atoms with E-state index in [0.717, 1.165) is 0 Å². The van der Waals surface area contributed by atoms with E-state index in [2.05, 4.69) is 15.8 Å². The van der Waals surface area contributed by atoms with Crippen LogP contribution in [0.5, 0.6) is 17.2 Å². The fraction of sp³-hybridized carbons (Fsp3) is 0.125. The van der Waals surface area contributed by atoms with E-state index in [4.69, 9.17) is 25.8 Å². The Kier molecular flexibility index (Phi) is 8.42. The van der Waals surface area contributed by atoms with Crippen LogP contribution in [0.25, 0.3) is 0 Å². The van der Waals surface area contributed by atoms with Gasteiger partial charge in [-0.2, -0.15) is 5.10 Å². The molecule has 0 atom stereocenters. The zero-order valence-electron chi connectivity index (χ0n) is 18.3. The van der Waals surface area contributed by atoms with E-state index >= 15 is 0 Å². The van der Waals surface area contributed by atoms with E-state index in [0.29, 0.717) is 16.9 Å². The first-order valence-electron chi connectivity index (χ1n) is 9.93. The van der Waals surface area contributed by atoms with Crippen molar-refractivity contribution in [3.05, 3.63) is 82.6 Å². The van der Waals surface area contributed by atoms with Crippen LogP contribution in [0.2, 0.25) is 5.02 Å². The van der Waals surface area contributed by atoms with Crippen LogP contribution < -0.4 is 25.0 Å². The Bertz CT molecular complexity index is 1220. The number of para-hydroxylation sites is 1. The SMILES string of the molecule is COc1cccc(C(=O)N/N=C/c2cc(Cl)c(OCC(=O)Nc3ccccc3F)c(OC)c2)c1. The number of nitrogens with zero attached hydrogens (tertiary/aromatic N) is 1. The second-order valence-electron chi connectivity index (χ2n) is 6.78. The van der Waals surface area contributed by atoms with Crippen LogP contribution in [-0.2, 0) is 4.79 Å². The van der Waals surface area contributed by atoms with Gasteiger partial charge < -0.3 is 19.5 Å². The van der Waals surface area contributed by atoms with Crippen molar-refractivity contribution in [2.45, 2.75) is 0 Å². The summed E-state index contributed by atoms with van der Waals surface area (Å²) in [4.78, 5) is 24.4. The van der Waals surface area contributed by atoms with Crippen LogP contribution >= 0.6 is 11.6 Å². The second-order valence-corrected chi connectivity index (χ2v) is 7.19. The summed E-state index contributed by atoms with van der Waals surface area (Å²) in [6.07, 6.45) is 1.38. The molecular formula is C24H21ClFN3O5. The van der Waals surface area contributed by atoms with E-state index in [1.807, 2.05) is 0 Å². The molecule has 34 heavy (non-hydrogen) atoms. The number of anilines is 1.